The molecule has 2 amide bonds. The maximum Gasteiger partial charge on any atom is 0.280 e. The van der Waals surface area contributed by atoms with Crippen LogP contribution in [0, 0.1) is 0 Å². The first kappa shape index (κ1) is 30.2. The number of halogens is 2. The van der Waals surface area contributed by atoms with Crippen LogP contribution in [0.2, 0.25) is 0 Å². The zero-order valence-electron chi connectivity index (χ0n) is 23.8. The molecule has 1 saturated heterocycles. The Morgan fingerprint density at radius 3 is 2.47 bits per heavy atom. The second kappa shape index (κ2) is 12.9. The molecule has 0 saturated carbocycles. The van der Waals surface area contributed by atoms with Crippen LogP contribution in [0.25, 0.3) is 10.9 Å². The number of aromatic nitrogens is 2. The molecule has 13 heteroatoms. The molecule has 3 aromatic carbocycles. The van der Waals surface area contributed by atoms with Crippen LogP contribution in [0.5, 0.6) is 5.75 Å². The van der Waals surface area contributed by atoms with Crippen molar-refractivity contribution in [3.8, 4) is 5.75 Å². The second-order valence-electron chi connectivity index (χ2n) is 10.1. The summed E-state index contributed by atoms with van der Waals surface area (Å²) in [5, 5.41) is 4.13. The zero-order valence-corrected chi connectivity index (χ0v) is 26.1. The fourth-order valence-corrected chi connectivity index (χ4v) is 5.48. The zero-order chi connectivity index (χ0) is 30.7. The number of β-lactam (4-membered cyclic amide) rings is 1. The number of nitrogens with zero attached hydrogens (tertiary/aromatic N) is 4. The van der Waals surface area contributed by atoms with Crippen LogP contribution in [0.4, 0.5) is 11.4 Å². The predicted molar refractivity (Wildman–Crippen MR) is 171 cm³/mol. The quantitative estimate of drug-likeness (QED) is 0.164. The molecule has 0 radical (unpaired) electrons. The minimum atomic E-state index is -0.797. The van der Waals surface area contributed by atoms with Crippen molar-refractivity contribution in [1.29, 1.82) is 0 Å². The summed E-state index contributed by atoms with van der Waals surface area (Å²) in [6.07, 6.45) is 0.380. The summed E-state index contributed by atoms with van der Waals surface area (Å²) in [5.41, 5.74) is 8.41. The molecule has 224 valence electrons. The van der Waals surface area contributed by atoms with Gasteiger partial charge in [-0.3, -0.25) is 19.8 Å². The monoisotopic (exact) mass is 667 g/mol. The Labute approximate surface area is 261 Å². The standard InChI is InChI=1S/C30H31BrClN7O4/c1-37(2)21-9-4-18(5-10-21)28-27(32)30(42)39(28)36-26(40)17-34-38-25(14-15-33-20-7-11-22(43-3)12-8-20)35-24-13-6-19(31)16-23(24)29(38)41/h4-13,16,27-28,33-34H,14-15,17H2,1-3H3,(H,36,40). The predicted octanol–water partition coefficient (Wildman–Crippen LogP) is 3.65. The summed E-state index contributed by atoms with van der Waals surface area (Å²) >= 11 is 9.74. The number of hydrogen-bond acceptors (Lipinski definition) is 8. The Morgan fingerprint density at radius 1 is 1.07 bits per heavy atom. The molecule has 0 aliphatic carbocycles. The molecular weight excluding hydrogens is 638 g/mol. The number of nitrogens with one attached hydrogen (secondary N) is 3. The van der Waals surface area contributed by atoms with Gasteiger partial charge in [-0.15, -0.1) is 11.6 Å². The number of hydrazine groups is 1. The lowest BCUT2D eigenvalue weighted by Crippen LogP contribution is -2.64. The average molecular weight is 669 g/mol. The van der Waals surface area contributed by atoms with E-state index in [4.69, 9.17) is 21.3 Å². The van der Waals surface area contributed by atoms with Crippen molar-refractivity contribution >= 4 is 61.6 Å². The number of methoxy groups -OCH3 is 1. The fraction of sp³-hybridized carbons (Fsp3) is 0.267. The maximum atomic E-state index is 13.5. The van der Waals surface area contributed by atoms with Gasteiger partial charge in [0, 0.05) is 42.9 Å². The molecule has 1 fully saturated rings. The lowest BCUT2D eigenvalue weighted by molar-refractivity contribution is -0.156. The molecule has 3 N–H and O–H groups in total. The largest absolute Gasteiger partial charge is 0.497 e. The van der Waals surface area contributed by atoms with Crippen molar-refractivity contribution in [3.63, 3.8) is 0 Å². The first-order valence-corrected chi connectivity index (χ1v) is 14.8. The summed E-state index contributed by atoms with van der Waals surface area (Å²) in [6.45, 7) is 0.186. The highest BCUT2D eigenvalue weighted by Gasteiger charge is 2.48. The van der Waals surface area contributed by atoms with Crippen LogP contribution in [0.15, 0.2) is 76.0 Å². The summed E-state index contributed by atoms with van der Waals surface area (Å²) in [5.74, 6) is 0.263. The van der Waals surface area contributed by atoms with E-state index in [1.54, 1.807) is 19.2 Å². The van der Waals surface area contributed by atoms with Gasteiger partial charge in [-0.25, -0.2) is 14.7 Å². The smallest absolute Gasteiger partial charge is 0.280 e. The van der Waals surface area contributed by atoms with E-state index >= 15 is 0 Å². The third-order valence-electron chi connectivity index (χ3n) is 7.09. The molecule has 1 aliphatic rings. The van der Waals surface area contributed by atoms with Crippen molar-refractivity contribution in [2.75, 3.05) is 49.9 Å². The van der Waals surface area contributed by atoms with E-state index in [9.17, 15) is 14.4 Å². The van der Waals surface area contributed by atoms with Gasteiger partial charge in [0.05, 0.1) is 18.0 Å². The molecule has 4 aromatic rings. The van der Waals surface area contributed by atoms with Gasteiger partial charge >= 0.3 is 0 Å². The van der Waals surface area contributed by atoms with E-state index in [2.05, 4.69) is 32.1 Å². The summed E-state index contributed by atoms with van der Waals surface area (Å²) in [6, 6.07) is 19.8. The minimum absolute atomic E-state index is 0.289. The van der Waals surface area contributed by atoms with Gasteiger partial charge in [0.25, 0.3) is 17.4 Å². The van der Waals surface area contributed by atoms with Gasteiger partial charge in [0.2, 0.25) is 0 Å². The van der Waals surface area contributed by atoms with Crippen LogP contribution in [-0.2, 0) is 16.0 Å². The first-order chi connectivity index (χ1) is 20.7. The Bertz CT molecular complexity index is 1700. The van der Waals surface area contributed by atoms with Crippen molar-refractivity contribution in [3.05, 3.63) is 92.9 Å². The first-order valence-electron chi connectivity index (χ1n) is 13.5. The highest BCUT2D eigenvalue weighted by Crippen LogP contribution is 2.37. The Kier molecular flexibility index (Phi) is 9.07. The third kappa shape index (κ3) is 6.55. The van der Waals surface area contributed by atoms with Crippen molar-refractivity contribution < 1.29 is 14.3 Å². The number of amides is 2. The summed E-state index contributed by atoms with van der Waals surface area (Å²) in [4.78, 5) is 45.7. The van der Waals surface area contributed by atoms with Gasteiger partial charge in [0.15, 0.2) is 0 Å². The SMILES string of the molecule is COc1ccc(NCCc2nc3ccc(Br)cc3c(=O)n2NCC(=O)NN2C(=O)C(Cl)C2c2ccc(N(C)C)cc2)cc1. The Balaban J connectivity index is 1.30. The third-order valence-corrected chi connectivity index (χ3v) is 8.01. The highest BCUT2D eigenvalue weighted by atomic mass is 79.9. The minimum Gasteiger partial charge on any atom is -0.497 e. The molecule has 11 nitrogen and oxygen atoms in total. The van der Waals surface area contributed by atoms with E-state index in [1.807, 2.05) is 73.6 Å². The van der Waals surface area contributed by atoms with E-state index in [0.29, 0.717) is 29.7 Å². The molecule has 5 rings (SSSR count). The molecule has 1 aromatic heterocycles. The summed E-state index contributed by atoms with van der Waals surface area (Å²) in [7, 11) is 5.48. The molecule has 43 heavy (non-hydrogen) atoms. The van der Waals surface area contributed by atoms with Crippen molar-refractivity contribution in [2.24, 2.45) is 0 Å². The van der Waals surface area contributed by atoms with Gasteiger partial charge in [0.1, 0.15) is 29.5 Å². The normalized spacial score (nSPS) is 16.0. The van der Waals surface area contributed by atoms with Gasteiger partial charge < -0.3 is 20.4 Å². The van der Waals surface area contributed by atoms with E-state index in [0.717, 1.165) is 27.2 Å². The Morgan fingerprint density at radius 2 is 1.79 bits per heavy atom. The topological polar surface area (TPSA) is 121 Å². The van der Waals surface area contributed by atoms with Crippen LogP contribution in [0.3, 0.4) is 0 Å². The average Bonchev–Trinajstić information content (AvgIpc) is 3.01. The number of ether oxygens (including phenoxy) is 1. The Hall–Kier alpha value is -4.29. The second-order valence-corrected chi connectivity index (χ2v) is 11.5. The van der Waals surface area contributed by atoms with E-state index < -0.39 is 23.2 Å². The highest BCUT2D eigenvalue weighted by molar-refractivity contribution is 9.10. The number of carbonyl (C=O) groups is 2. The van der Waals surface area contributed by atoms with Gasteiger partial charge in [-0.2, -0.15) is 0 Å². The molecular formula is C30H31BrClN7O4. The number of hydrogen-bond donors (Lipinski definition) is 3. The number of rotatable bonds is 11. The maximum absolute atomic E-state index is 13.5. The molecule has 0 spiro atoms. The van der Waals surface area contributed by atoms with Gasteiger partial charge in [-0.05, 0) is 60.2 Å². The number of anilines is 2. The fourth-order valence-electron chi connectivity index (χ4n) is 4.75. The molecule has 0 bridgehead atoms. The lowest BCUT2D eigenvalue weighted by Gasteiger charge is -2.44. The molecule has 2 unspecified atom stereocenters. The van der Waals surface area contributed by atoms with Crippen molar-refractivity contribution in [1.82, 2.24) is 20.1 Å². The lowest BCUT2D eigenvalue weighted by atomic mass is 9.95. The summed E-state index contributed by atoms with van der Waals surface area (Å²) < 4.78 is 7.22. The van der Waals surface area contributed by atoms with Gasteiger partial charge in [-0.1, -0.05) is 28.1 Å². The number of benzene rings is 3. The van der Waals surface area contributed by atoms with Crippen LogP contribution < -0.4 is 31.4 Å². The molecule has 1 aliphatic heterocycles. The van der Waals surface area contributed by atoms with E-state index in [-0.39, 0.29) is 12.1 Å². The van der Waals surface area contributed by atoms with Crippen LogP contribution in [-0.4, -0.2) is 66.2 Å². The molecule has 2 heterocycles. The van der Waals surface area contributed by atoms with Crippen LogP contribution in [0.1, 0.15) is 17.4 Å². The van der Waals surface area contributed by atoms with Crippen LogP contribution >= 0.6 is 27.5 Å². The number of fused-ring (bicyclic) bond motifs is 1. The number of alkyl halides is 1. The van der Waals surface area contributed by atoms with E-state index in [1.165, 1.54) is 9.69 Å². The molecule has 2 atom stereocenters. The number of carbonyl (C=O) groups excluding carboxylic acids is 2. The van der Waals surface area contributed by atoms with Crippen molar-refractivity contribution in [2.45, 2.75) is 17.8 Å².